The Morgan fingerprint density at radius 3 is 2.33 bits per heavy atom. The molecule has 0 amide bonds. The highest BCUT2D eigenvalue weighted by Crippen LogP contribution is 1.95. The molecule has 0 aliphatic carbocycles. The zero-order valence-electron chi connectivity index (χ0n) is 4.46. The van der Waals surface area contributed by atoms with Gasteiger partial charge in [0.2, 0.25) is 0 Å². The van der Waals surface area contributed by atoms with E-state index in [1.165, 1.54) is 23.0 Å². The number of carboxylic acid groups (broad SMARTS) is 1. The van der Waals surface area contributed by atoms with Crippen LogP contribution in [0.25, 0.3) is 0 Å². The molecule has 0 spiro atoms. The topological polar surface area (TPSA) is 63.6 Å². The van der Waals surface area contributed by atoms with Crippen molar-refractivity contribution >= 4 is 34.9 Å². The highest BCUT2D eigenvalue weighted by Gasteiger charge is 2.03. The fraction of sp³-hybridized carbons (Fsp3) is 0.500. The summed E-state index contributed by atoms with van der Waals surface area (Å²) in [6.45, 7) is 0. The summed E-state index contributed by atoms with van der Waals surface area (Å²) in [5, 5.41) is 8.05. The number of carboxylic acids is 1. The number of rotatable bonds is 3. The number of carbonyl (C=O) groups excluding carboxylic acids is 1. The molecule has 0 saturated heterocycles. The van der Waals surface area contributed by atoms with Gasteiger partial charge in [-0.3, -0.25) is 9.59 Å². The van der Waals surface area contributed by atoms with Crippen molar-refractivity contribution in [2.24, 2.45) is 0 Å². The van der Waals surface area contributed by atoms with Gasteiger partial charge in [0.05, 0.1) is 12.8 Å². The summed E-state index contributed by atoms with van der Waals surface area (Å²) in [5.74, 6) is -1.49. The highest BCUT2D eigenvalue weighted by molar-refractivity contribution is 14.1. The van der Waals surface area contributed by atoms with Crippen LogP contribution in [0.4, 0.5) is 0 Å². The van der Waals surface area contributed by atoms with E-state index >= 15 is 0 Å². The van der Waals surface area contributed by atoms with Crippen molar-refractivity contribution in [1.29, 1.82) is 0 Å². The van der Waals surface area contributed by atoms with Crippen LogP contribution in [0.15, 0.2) is 0 Å². The Hall–Kier alpha value is -0.330. The predicted octanol–water partition coefficient (Wildman–Crippen LogP) is 0.744. The third kappa shape index (κ3) is 5.54. The summed E-state index contributed by atoms with van der Waals surface area (Å²) in [5.41, 5.74) is 0. The predicted molar refractivity (Wildman–Crippen MR) is 37.0 cm³/mol. The van der Waals surface area contributed by atoms with E-state index < -0.39 is 11.9 Å². The van der Waals surface area contributed by atoms with E-state index in [4.69, 9.17) is 5.11 Å². The molecule has 0 aromatic carbocycles. The Kier molecular flexibility index (Phi) is 4.37. The Labute approximate surface area is 65.9 Å². The first-order valence-corrected chi connectivity index (χ1v) is 3.08. The molecule has 0 rings (SSSR count). The van der Waals surface area contributed by atoms with Gasteiger partial charge < -0.3 is 8.17 Å². The van der Waals surface area contributed by atoms with Gasteiger partial charge in [-0.05, 0) is 0 Å². The fourth-order valence-corrected chi connectivity index (χ4v) is 0.468. The number of hydrogen-bond acceptors (Lipinski definition) is 3. The van der Waals surface area contributed by atoms with Crippen LogP contribution < -0.4 is 0 Å². The van der Waals surface area contributed by atoms with Crippen LogP contribution in [-0.2, 0) is 12.7 Å². The molecule has 9 heavy (non-hydrogen) atoms. The van der Waals surface area contributed by atoms with Crippen LogP contribution in [0.5, 0.6) is 0 Å². The van der Waals surface area contributed by atoms with Gasteiger partial charge in [-0.15, -0.1) is 0 Å². The first kappa shape index (κ1) is 8.67. The number of halogens is 1. The van der Waals surface area contributed by atoms with Gasteiger partial charge in [-0.2, -0.15) is 0 Å². The summed E-state index contributed by atoms with van der Waals surface area (Å²) < 4.78 is 4.17. The van der Waals surface area contributed by atoms with E-state index in [0.717, 1.165) is 0 Å². The SMILES string of the molecule is O=C(O)CCC(=O)OI. The minimum atomic E-state index is -0.989. The van der Waals surface area contributed by atoms with Gasteiger partial charge in [0, 0.05) is 0 Å². The van der Waals surface area contributed by atoms with Gasteiger partial charge in [-0.25, -0.2) is 0 Å². The molecule has 0 heterocycles. The molecule has 0 unspecified atom stereocenters. The lowest BCUT2D eigenvalue weighted by Gasteiger charge is -1.90. The molecule has 0 aromatic rings. The Morgan fingerprint density at radius 1 is 1.44 bits per heavy atom. The lowest BCUT2D eigenvalue weighted by atomic mass is 10.3. The molecule has 0 aliphatic heterocycles. The first-order chi connectivity index (χ1) is 4.16. The zero-order chi connectivity index (χ0) is 7.28. The molecule has 52 valence electrons. The zero-order valence-corrected chi connectivity index (χ0v) is 6.62. The second-order valence-electron chi connectivity index (χ2n) is 1.34. The molecular weight excluding hydrogens is 239 g/mol. The average Bonchev–Trinajstić information content (AvgIpc) is 1.83. The molecule has 1 N–H and O–H groups in total. The van der Waals surface area contributed by atoms with Crippen molar-refractivity contribution in [2.45, 2.75) is 12.8 Å². The van der Waals surface area contributed by atoms with Crippen molar-refractivity contribution in [3.63, 3.8) is 0 Å². The first-order valence-electron chi connectivity index (χ1n) is 2.20. The van der Waals surface area contributed by atoms with Crippen molar-refractivity contribution in [3.05, 3.63) is 0 Å². The Bertz CT molecular complexity index is 122. The standard InChI is InChI=1S/C4H5IO4/c5-9-4(8)2-1-3(6)7/h1-2H2,(H,6,7). The van der Waals surface area contributed by atoms with Crippen LogP contribution in [0.1, 0.15) is 12.8 Å². The molecular formula is C4H5IO4. The lowest BCUT2D eigenvalue weighted by molar-refractivity contribution is -0.141. The van der Waals surface area contributed by atoms with Gasteiger partial charge in [-0.1, -0.05) is 0 Å². The number of carbonyl (C=O) groups is 2. The van der Waals surface area contributed by atoms with Gasteiger partial charge in [0.25, 0.3) is 0 Å². The Balaban J connectivity index is 3.28. The van der Waals surface area contributed by atoms with Crippen molar-refractivity contribution in [2.75, 3.05) is 0 Å². The molecule has 0 atom stereocenters. The maximum absolute atomic E-state index is 10.2. The van der Waals surface area contributed by atoms with Crippen LogP contribution >= 0.6 is 23.0 Å². The monoisotopic (exact) mass is 244 g/mol. The number of aliphatic carboxylic acids is 1. The average molecular weight is 244 g/mol. The third-order valence-corrected chi connectivity index (χ3v) is 1.12. The summed E-state index contributed by atoms with van der Waals surface area (Å²) in [7, 11) is 0. The van der Waals surface area contributed by atoms with E-state index in [1.807, 2.05) is 0 Å². The maximum atomic E-state index is 10.2. The summed E-state index contributed by atoms with van der Waals surface area (Å²) in [4.78, 5) is 20.0. The van der Waals surface area contributed by atoms with Crippen LogP contribution in [-0.4, -0.2) is 17.0 Å². The summed E-state index contributed by atoms with van der Waals surface area (Å²) >= 11 is 1.42. The van der Waals surface area contributed by atoms with Crippen LogP contribution in [0, 0.1) is 0 Å². The molecule has 0 radical (unpaired) electrons. The molecule has 5 heteroatoms. The fourth-order valence-electron chi connectivity index (χ4n) is 0.248. The van der Waals surface area contributed by atoms with E-state index in [1.54, 1.807) is 0 Å². The minimum absolute atomic E-state index is 0.0573. The minimum Gasteiger partial charge on any atom is -0.481 e. The second-order valence-corrected chi connectivity index (χ2v) is 1.78. The van der Waals surface area contributed by atoms with Crippen molar-refractivity contribution in [3.8, 4) is 0 Å². The molecule has 4 nitrogen and oxygen atoms in total. The quantitative estimate of drug-likeness (QED) is 0.744. The summed E-state index contributed by atoms with van der Waals surface area (Å²) in [6, 6.07) is 0. The normalized spacial score (nSPS) is 8.56. The molecule has 0 bridgehead atoms. The van der Waals surface area contributed by atoms with E-state index in [2.05, 4.69) is 3.07 Å². The molecule has 0 fully saturated rings. The van der Waals surface area contributed by atoms with Crippen LogP contribution in [0.2, 0.25) is 0 Å². The van der Waals surface area contributed by atoms with E-state index in [9.17, 15) is 9.59 Å². The largest absolute Gasteiger partial charge is 0.481 e. The van der Waals surface area contributed by atoms with E-state index in [0.29, 0.717) is 0 Å². The molecule has 0 aliphatic rings. The lowest BCUT2D eigenvalue weighted by Crippen LogP contribution is -2.01. The highest BCUT2D eigenvalue weighted by atomic mass is 127. The van der Waals surface area contributed by atoms with Crippen LogP contribution in [0.3, 0.4) is 0 Å². The van der Waals surface area contributed by atoms with Gasteiger partial charge >= 0.3 is 11.9 Å². The second kappa shape index (κ2) is 4.54. The third-order valence-electron chi connectivity index (χ3n) is 0.629. The Morgan fingerprint density at radius 2 is 2.00 bits per heavy atom. The molecule has 0 aromatic heterocycles. The summed E-state index contributed by atoms with van der Waals surface area (Å²) in [6.07, 6.45) is -0.222. The van der Waals surface area contributed by atoms with Gasteiger partial charge in [0.15, 0.2) is 23.0 Å². The smallest absolute Gasteiger partial charge is 0.315 e. The maximum Gasteiger partial charge on any atom is 0.315 e. The number of hydrogen-bond donors (Lipinski definition) is 1. The molecule has 0 saturated carbocycles. The van der Waals surface area contributed by atoms with Crippen molar-refractivity contribution in [1.82, 2.24) is 0 Å². The van der Waals surface area contributed by atoms with E-state index in [-0.39, 0.29) is 12.8 Å². The van der Waals surface area contributed by atoms with Crippen molar-refractivity contribution < 1.29 is 17.8 Å². The van der Waals surface area contributed by atoms with Gasteiger partial charge in [0.1, 0.15) is 0 Å².